The standard InChI is InChI=1S/C13H9Cl3N4O2S/c1-6-12(23(17,21)22)13-18-4-7(5-20(13)19-6)8-2-10(15)11(16)3-9(8)14/h2-5H,1H3,(H2,17,21,22). The average molecular weight is 392 g/mol. The Kier molecular flexibility index (Phi) is 4.02. The predicted octanol–water partition coefficient (Wildman–Crippen LogP) is 3.31. The van der Waals surface area contributed by atoms with Gasteiger partial charge in [-0.2, -0.15) is 5.10 Å². The fourth-order valence-corrected chi connectivity index (χ4v) is 3.75. The topological polar surface area (TPSA) is 90.3 Å². The zero-order chi connectivity index (χ0) is 16.9. The van der Waals surface area contributed by atoms with Crippen LogP contribution in [0.25, 0.3) is 16.8 Å². The molecule has 0 saturated carbocycles. The van der Waals surface area contributed by atoms with Crippen molar-refractivity contribution in [1.82, 2.24) is 14.6 Å². The number of aromatic nitrogens is 3. The first-order valence-corrected chi connectivity index (χ1v) is 8.89. The lowest BCUT2D eigenvalue weighted by molar-refractivity contribution is 0.598. The summed E-state index contributed by atoms with van der Waals surface area (Å²) in [6.45, 7) is 1.54. The molecule has 10 heteroatoms. The molecule has 0 amide bonds. The molecule has 3 aromatic rings. The molecule has 0 aliphatic carbocycles. The van der Waals surface area contributed by atoms with Gasteiger partial charge >= 0.3 is 0 Å². The Hall–Kier alpha value is -1.38. The lowest BCUT2D eigenvalue weighted by Gasteiger charge is -2.07. The number of hydrogen-bond donors (Lipinski definition) is 1. The number of nitrogens with two attached hydrogens (primary N) is 1. The highest BCUT2D eigenvalue weighted by Gasteiger charge is 2.21. The van der Waals surface area contributed by atoms with Gasteiger partial charge in [0.05, 0.1) is 20.8 Å². The van der Waals surface area contributed by atoms with Crippen molar-refractivity contribution in [3.8, 4) is 11.1 Å². The quantitative estimate of drug-likeness (QED) is 0.679. The van der Waals surface area contributed by atoms with Crippen LogP contribution in [-0.2, 0) is 10.0 Å². The third-order valence-electron chi connectivity index (χ3n) is 3.20. The zero-order valence-corrected chi connectivity index (χ0v) is 14.7. The molecule has 3 rings (SSSR count). The van der Waals surface area contributed by atoms with E-state index >= 15 is 0 Å². The molecule has 2 N–H and O–H groups in total. The van der Waals surface area contributed by atoms with Crippen LogP contribution >= 0.6 is 34.8 Å². The Morgan fingerprint density at radius 2 is 1.78 bits per heavy atom. The highest BCUT2D eigenvalue weighted by atomic mass is 35.5. The van der Waals surface area contributed by atoms with Crippen LogP contribution in [0.15, 0.2) is 29.4 Å². The van der Waals surface area contributed by atoms with Crippen LogP contribution < -0.4 is 5.14 Å². The smallest absolute Gasteiger partial charge is 0.235 e. The number of sulfonamides is 1. The number of benzene rings is 1. The molecule has 6 nitrogen and oxygen atoms in total. The van der Waals surface area contributed by atoms with Gasteiger partial charge in [-0.15, -0.1) is 0 Å². The van der Waals surface area contributed by atoms with Gasteiger partial charge in [0, 0.05) is 23.5 Å². The summed E-state index contributed by atoms with van der Waals surface area (Å²) in [7, 11) is -3.93. The minimum absolute atomic E-state index is 0.107. The van der Waals surface area contributed by atoms with Crippen LogP contribution in [0.5, 0.6) is 0 Å². The summed E-state index contributed by atoms with van der Waals surface area (Å²) in [5.74, 6) is 0. The number of nitrogens with zero attached hydrogens (tertiary/aromatic N) is 3. The van der Waals surface area contributed by atoms with E-state index in [0.29, 0.717) is 26.2 Å². The first-order valence-electron chi connectivity index (χ1n) is 6.21. The Bertz CT molecular complexity index is 1050. The molecule has 23 heavy (non-hydrogen) atoms. The molecule has 0 saturated heterocycles. The molecule has 0 unspecified atom stereocenters. The lowest BCUT2D eigenvalue weighted by atomic mass is 10.1. The van der Waals surface area contributed by atoms with Crippen molar-refractivity contribution in [3.63, 3.8) is 0 Å². The second-order valence-corrected chi connectivity index (χ2v) is 7.54. The monoisotopic (exact) mass is 390 g/mol. The minimum Gasteiger partial charge on any atom is -0.235 e. The van der Waals surface area contributed by atoms with Crippen molar-refractivity contribution in [1.29, 1.82) is 0 Å². The predicted molar refractivity (Wildman–Crippen MR) is 89.6 cm³/mol. The van der Waals surface area contributed by atoms with E-state index in [2.05, 4.69) is 10.1 Å². The van der Waals surface area contributed by atoms with E-state index in [9.17, 15) is 8.42 Å². The van der Waals surface area contributed by atoms with Crippen LogP contribution in [0, 0.1) is 6.92 Å². The van der Waals surface area contributed by atoms with E-state index < -0.39 is 10.0 Å². The molecule has 0 aliphatic heterocycles. The second-order valence-electron chi connectivity index (χ2n) is 4.82. The van der Waals surface area contributed by atoms with Crippen molar-refractivity contribution in [3.05, 3.63) is 45.3 Å². The summed E-state index contributed by atoms with van der Waals surface area (Å²) in [5, 5.41) is 10.4. The summed E-state index contributed by atoms with van der Waals surface area (Å²) >= 11 is 18.1. The highest BCUT2D eigenvalue weighted by molar-refractivity contribution is 7.89. The SMILES string of the molecule is Cc1nn2cc(-c3cc(Cl)c(Cl)cc3Cl)cnc2c1S(N)(=O)=O. The van der Waals surface area contributed by atoms with E-state index in [1.54, 1.807) is 19.2 Å². The van der Waals surface area contributed by atoms with Crippen molar-refractivity contribution in [2.75, 3.05) is 0 Å². The van der Waals surface area contributed by atoms with Crippen LogP contribution in [0.3, 0.4) is 0 Å². The van der Waals surface area contributed by atoms with Gasteiger partial charge in [0.25, 0.3) is 0 Å². The molecule has 0 spiro atoms. The van der Waals surface area contributed by atoms with Gasteiger partial charge < -0.3 is 0 Å². The molecule has 2 aromatic heterocycles. The van der Waals surface area contributed by atoms with Crippen LogP contribution in [0.1, 0.15) is 5.69 Å². The van der Waals surface area contributed by atoms with E-state index in [0.717, 1.165) is 0 Å². The van der Waals surface area contributed by atoms with Crippen molar-refractivity contribution in [2.24, 2.45) is 5.14 Å². The third kappa shape index (κ3) is 2.90. The Morgan fingerprint density at radius 1 is 1.13 bits per heavy atom. The number of halogens is 3. The van der Waals surface area contributed by atoms with Crippen LogP contribution in [0.4, 0.5) is 0 Å². The molecular formula is C13H9Cl3N4O2S. The Balaban J connectivity index is 2.25. The largest absolute Gasteiger partial charge is 0.243 e. The number of aryl methyl sites for hydroxylation is 1. The summed E-state index contributed by atoms with van der Waals surface area (Å²) in [4.78, 5) is 4.04. The maximum Gasteiger partial charge on any atom is 0.243 e. The van der Waals surface area contributed by atoms with Crippen LogP contribution in [-0.4, -0.2) is 23.0 Å². The fourth-order valence-electron chi connectivity index (χ4n) is 2.24. The molecule has 1 aromatic carbocycles. The van der Waals surface area contributed by atoms with Gasteiger partial charge in [-0.3, -0.25) is 0 Å². The normalized spacial score (nSPS) is 12.0. The highest BCUT2D eigenvalue weighted by Crippen LogP contribution is 2.35. The number of rotatable bonds is 2. The zero-order valence-electron chi connectivity index (χ0n) is 11.6. The van der Waals surface area contributed by atoms with Gasteiger partial charge in [-0.25, -0.2) is 23.1 Å². The Morgan fingerprint density at radius 3 is 2.43 bits per heavy atom. The molecular weight excluding hydrogens is 383 g/mol. The fraction of sp³-hybridized carbons (Fsp3) is 0.0769. The molecule has 0 fully saturated rings. The minimum atomic E-state index is -3.93. The number of fused-ring (bicyclic) bond motifs is 1. The molecule has 0 atom stereocenters. The summed E-state index contributed by atoms with van der Waals surface area (Å²) < 4.78 is 24.6. The molecule has 2 heterocycles. The van der Waals surface area contributed by atoms with Gasteiger partial charge in [0.2, 0.25) is 10.0 Å². The van der Waals surface area contributed by atoms with Gasteiger partial charge in [-0.1, -0.05) is 34.8 Å². The van der Waals surface area contributed by atoms with Crippen molar-refractivity contribution < 1.29 is 8.42 Å². The first kappa shape index (κ1) is 16.5. The molecule has 0 radical (unpaired) electrons. The summed E-state index contributed by atoms with van der Waals surface area (Å²) in [5.41, 5.74) is 1.60. The maximum atomic E-state index is 11.7. The van der Waals surface area contributed by atoms with E-state index in [-0.39, 0.29) is 16.2 Å². The van der Waals surface area contributed by atoms with Gasteiger partial charge in [0.1, 0.15) is 4.90 Å². The summed E-state index contributed by atoms with van der Waals surface area (Å²) in [6, 6.07) is 3.13. The number of primary sulfonamides is 1. The summed E-state index contributed by atoms with van der Waals surface area (Å²) in [6.07, 6.45) is 3.06. The van der Waals surface area contributed by atoms with E-state index in [1.165, 1.54) is 16.8 Å². The molecule has 0 bridgehead atoms. The molecule has 0 aliphatic rings. The average Bonchev–Trinajstić information content (AvgIpc) is 2.77. The second kappa shape index (κ2) is 5.61. The van der Waals surface area contributed by atoms with E-state index in [4.69, 9.17) is 39.9 Å². The van der Waals surface area contributed by atoms with Crippen molar-refractivity contribution >= 4 is 50.5 Å². The van der Waals surface area contributed by atoms with Crippen molar-refractivity contribution in [2.45, 2.75) is 11.8 Å². The van der Waals surface area contributed by atoms with E-state index in [1.807, 2.05) is 0 Å². The first-order chi connectivity index (χ1) is 10.7. The maximum absolute atomic E-state index is 11.7. The third-order valence-corrected chi connectivity index (χ3v) is 5.28. The number of hydrogen-bond acceptors (Lipinski definition) is 4. The van der Waals surface area contributed by atoms with Crippen LogP contribution in [0.2, 0.25) is 15.1 Å². The lowest BCUT2D eigenvalue weighted by Crippen LogP contribution is -2.13. The Labute approximate surface area is 146 Å². The molecule has 120 valence electrons. The van der Waals surface area contributed by atoms with Gasteiger partial charge in [-0.05, 0) is 19.1 Å². The van der Waals surface area contributed by atoms with Gasteiger partial charge in [0.15, 0.2) is 5.65 Å².